The summed E-state index contributed by atoms with van der Waals surface area (Å²) in [5, 5.41) is 0. The number of ether oxygens (including phenoxy) is 3. The topological polar surface area (TPSA) is 70.8 Å². The SMILES string of the molecule is COC(=O)C(N)C(C)(C)c1ccc2c(c1)OCO2. The van der Waals surface area contributed by atoms with Crippen LogP contribution in [0, 0.1) is 0 Å². The van der Waals surface area contributed by atoms with E-state index in [-0.39, 0.29) is 6.79 Å². The highest BCUT2D eigenvalue weighted by Crippen LogP contribution is 2.37. The van der Waals surface area contributed by atoms with Crippen LogP contribution in [-0.4, -0.2) is 25.9 Å². The van der Waals surface area contributed by atoms with Crippen LogP contribution in [0.5, 0.6) is 11.5 Å². The predicted molar refractivity (Wildman–Crippen MR) is 65.6 cm³/mol. The summed E-state index contributed by atoms with van der Waals surface area (Å²) in [4.78, 5) is 11.6. The first kappa shape index (κ1) is 12.7. The number of esters is 1. The van der Waals surface area contributed by atoms with E-state index in [0.717, 1.165) is 5.56 Å². The van der Waals surface area contributed by atoms with Gasteiger partial charge in [-0.2, -0.15) is 0 Å². The number of hydrogen-bond acceptors (Lipinski definition) is 5. The molecule has 2 rings (SSSR count). The number of hydrogen-bond donors (Lipinski definition) is 1. The lowest BCUT2D eigenvalue weighted by Gasteiger charge is -2.30. The van der Waals surface area contributed by atoms with Gasteiger partial charge in [0.05, 0.1) is 7.11 Å². The predicted octanol–water partition coefficient (Wildman–Crippen LogP) is 1.19. The van der Waals surface area contributed by atoms with Gasteiger partial charge in [-0.1, -0.05) is 19.9 Å². The standard InChI is InChI=1S/C13H17NO4/c1-13(2,11(14)12(15)16-3)8-4-5-9-10(6-8)18-7-17-9/h4-6,11H,7,14H2,1-3H3. The average molecular weight is 251 g/mol. The Hall–Kier alpha value is -1.75. The molecular weight excluding hydrogens is 234 g/mol. The average Bonchev–Trinajstić information content (AvgIpc) is 2.83. The summed E-state index contributed by atoms with van der Waals surface area (Å²) in [5.41, 5.74) is 6.30. The smallest absolute Gasteiger partial charge is 0.323 e. The van der Waals surface area contributed by atoms with E-state index < -0.39 is 17.4 Å². The number of carbonyl (C=O) groups is 1. The van der Waals surface area contributed by atoms with E-state index in [2.05, 4.69) is 0 Å². The van der Waals surface area contributed by atoms with Crippen LogP contribution in [0.15, 0.2) is 18.2 Å². The molecule has 1 aromatic rings. The summed E-state index contributed by atoms with van der Waals surface area (Å²) in [6.07, 6.45) is 0. The Bertz CT molecular complexity index is 470. The van der Waals surface area contributed by atoms with Crippen LogP contribution in [0.2, 0.25) is 0 Å². The normalized spacial score (nSPS) is 15.3. The van der Waals surface area contributed by atoms with Crippen molar-refractivity contribution in [3.05, 3.63) is 23.8 Å². The van der Waals surface area contributed by atoms with Crippen LogP contribution in [0.25, 0.3) is 0 Å². The number of nitrogens with two attached hydrogens (primary N) is 1. The van der Waals surface area contributed by atoms with Gasteiger partial charge in [-0.3, -0.25) is 4.79 Å². The molecule has 1 heterocycles. The molecule has 1 aromatic carbocycles. The van der Waals surface area contributed by atoms with Crippen molar-refractivity contribution in [2.75, 3.05) is 13.9 Å². The van der Waals surface area contributed by atoms with Crippen LogP contribution in [0.4, 0.5) is 0 Å². The second kappa shape index (κ2) is 4.49. The summed E-state index contributed by atoms with van der Waals surface area (Å²) >= 11 is 0. The monoisotopic (exact) mass is 251 g/mol. The molecule has 0 saturated heterocycles. The van der Waals surface area contributed by atoms with Crippen LogP contribution in [-0.2, 0) is 14.9 Å². The first-order valence-corrected chi connectivity index (χ1v) is 5.70. The third kappa shape index (κ3) is 2.01. The zero-order valence-electron chi connectivity index (χ0n) is 10.7. The minimum absolute atomic E-state index is 0.224. The van der Waals surface area contributed by atoms with Crippen molar-refractivity contribution in [2.24, 2.45) is 5.73 Å². The molecule has 0 bridgehead atoms. The molecule has 0 saturated carbocycles. The summed E-state index contributed by atoms with van der Waals surface area (Å²) < 4.78 is 15.3. The van der Waals surface area contributed by atoms with E-state index in [9.17, 15) is 4.79 Å². The van der Waals surface area contributed by atoms with Gasteiger partial charge < -0.3 is 19.9 Å². The molecule has 1 aliphatic rings. The zero-order valence-corrected chi connectivity index (χ0v) is 10.7. The lowest BCUT2D eigenvalue weighted by atomic mass is 9.78. The molecule has 2 N–H and O–H groups in total. The third-order valence-corrected chi connectivity index (χ3v) is 3.35. The van der Waals surface area contributed by atoms with Crippen LogP contribution < -0.4 is 15.2 Å². The Labute approximate surface area is 106 Å². The molecule has 1 aliphatic heterocycles. The summed E-state index contributed by atoms with van der Waals surface area (Å²) in [7, 11) is 1.33. The van der Waals surface area contributed by atoms with E-state index in [1.165, 1.54) is 7.11 Å². The Morgan fingerprint density at radius 3 is 2.72 bits per heavy atom. The molecular formula is C13H17NO4. The van der Waals surface area contributed by atoms with Crippen LogP contribution in [0.3, 0.4) is 0 Å². The highest BCUT2D eigenvalue weighted by molar-refractivity contribution is 5.77. The minimum Gasteiger partial charge on any atom is -0.468 e. The van der Waals surface area contributed by atoms with Gasteiger partial charge in [-0.05, 0) is 17.7 Å². The highest BCUT2D eigenvalue weighted by Gasteiger charge is 2.35. The first-order valence-electron chi connectivity index (χ1n) is 5.70. The second-order valence-corrected chi connectivity index (χ2v) is 4.79. The lowest BCUT2D eigenvalue weighted by Crippen LogP contribution is -2.47. The van der Waals surface area contributed by atoms with Crippen molar-refractivity contribution >= 4 is 5.97 Å². The minimum atomic E-state index is -0.733. The van der Waals surface area contributed by atoms with Crippen molar-refractivity contribution in [3.8, 4) is 11.5 Å². The molecule has 1 atom stereocenters. The molecule has 0 spiro atoms. The molecule has 18 heavy (non-hydrogen) atoms. The fraction of sp³-hybridized carbons (Fsp3) is 0.462. The molecule has 98 valence electrons. The van der Waals surface area contributed by atoms with E-state index in [4.69, 9.17) is 19.9 Å². The molecule has 5 heteroatoms. The first-order chi connectivity index (χ1) is 8.46. The zero-order chi connectivity index (χ0) is 13.3. The Balaban J connectivity index is 2.32. The molecule has 1 unspecified atom stereocenters. The molecule has 0 radical (unpaired) electrons. The van der Waals surface area contributed by atoms with Crippen molar-refractivity contribution in [3.63, 3.8) is 0 Å². The van der Waals surface area contributed by atoms with Crippen molar-refractivity contribution in [2.45, 2.75) is 25.3 Å². The van der Waals surface area contributed by atoms with Crippen molar-refractivity contribution in [1.29, 1.82) is 0 Å². The van der Waals surface area contributed by atoms with Gasteiger partial charge in [0.1, 0.15) is 6.04 Å². The van der Waals surface area contributed by atoms with E-state index in [1.54, 1.807) is 0 Å². The van der Waals surface area contributed by atoms with Gasteiger partial charge >= 0.3 is 5.97 Å². The largest absolute Gasteiger partial charge is 0.468 e. The van der Waals surface area contributed by atoms with Crippen molar-refractivity contribution < 1.29 is 19.0 Å². The second-order valence-electron chi connectivity index (χ2n) is 4.79. The summed E-state index contributed by atoms with van der Waals surface area (Å²) in [5.74, 6) is 0.955. The number of rotatable bonds is 3. The number of methoxy groups -OCH3 is 1. The summed E-state index contributed by atoms with van der Waals surface area (Å²) in [6, 6.07) is 4.83. The third-order valence-electron chi connectivity index (χ3n) is 3.35. The number of benzene rings is 1. The molecule has 0 aromatic heterocycles. The Morgan fingerprint density at radius 2 is 2.06 bits per heavy atom. The van der Waals surface area contributed by atoms with E-state index in [1.807, 2.05) is 32.0 Å². The molecule has 0 aliphatic carbocycles. The maximum Gasteiger partial charge on any atom is 0.323 e. The van der Waals surface area contributed by atoms with Crippen LogP contribution in [0.1, 0.15) is 19.4 Å². The van der Waals surface area contributed by atoms with Gasteiger partial charge in [-0.25, -0.2) is 0 Å². The molecule has 0 amide bonds. The Morgan fingerprint density at radius 1 is 1.39 bits per heavy atom. The number of carbonyl (C=O) groups excluding carboxylic acids is 1. The number of fused-ring (bicyclic) bond motifs is 1. The van der Waals surface area contributed by atoms with E-state index in [0.29, 0.717) is 11.5 Å². The quantitative estimate of drug-likeness (QED) is 0.817. The Kier molecular flexibility index (Phi) is 3.17. The van der Waals surface area contributed by atoms with Gasteiger partial charge in [-0.15, -0.1) is 0 Å². The van der Waals surface area contributed by atoms with Gasteiger partial charge in [0.15, 0.2) is 11.5 Å². The summed E-state index contributed by atoms with van der Waals surface area (Å²) in [6.45, 7) is 4.01. The van der Waals surface area contributed by atoms with Gasteiger partial charge in [0, 0.05) is 5.41 Å². The fourth-order valence-electron chi connectivity index (χ4n) is 1.90. The van der Waals surface area contributed by atoms with Gasteiger partial charge in [0.2, 0.25) is 6.79 Å². The molecule has 5 nitrogen and oxygen atoms in total. The van der Waals surface area contributed by atoms with Crippen molar-refractivity contribution in [1.82, 2.24) is 0 Å². The fourth-order valence-corrected chi connectivity index (χ4v) is 1.90. The van der Waals surface area contributed by atoms with E-state index >= 15 is 0 Å². The maximum atomic E-state index is 11.6. The molecule has 0 fully saturated rings. The maximum absolute atomic E-state index is 11.6. The van der Waals surface area contributed by atoms with Crippen LogP contribution >= 0.6 is 0 Å². The highest BCUT2D eigenvalue weighted by atomic mass is 16.7. The lowest BCUT2D eigenvalue weighted by molar-refractivity contribution is -0.143. The van der Waals surface area contributed by atoms with Gasteiger partial charge in [0.25, 0.3) is 0 Å².